The number of amides is 2. The summed E-state index contributed by atoms with van der Waals surface area (Å²) < 4.78 is 0. The average molecular weight is 318 g/mol. The maximum atomic E-state index is 12.0. The first-order chi connectivity index (χ1) is 10.8. The maximum absolute atomic E-state index is 12.0. The molecule has 1 aromatic carbocycles. The fourth-order valence-corrected chi connectivity index (χ4v) is 2.77. The molecule has 1 aromatic rings. The van der Waals surface area contributed by atoms with E-state index in [1.165, 1.54) is 24.0 Å². The Kier molecular flexibility index (Phi) is 5.42. The van der Waals surface area contributed by atoms with Gasteiger partial charge in [-0.3, -0.25) is 9.59 Å². The Morgan fingerprint density at radius 2 is 1.83 bits per heavy atom. The summed E-state index contributed by atoms with van der Waals surface area (Å²) in [5.41, 5.74) is 2.93. The molecule has 0 heterocycles. The van der Waals surface area contributed by atoms with Crippen LogP contribution in [0.1, 0.15) is 56.3 Å². The van der Waals surface area contributed by atoms with Gasteiger partial charge in [0, 0.05) is 0 Å². The number of nitrogens with one attached hydrogen (secondary N) is 2. The van der Waals surface area contributed by atoms with Crippen LogP contribution in [0.4, 0.5) is 0 Å². The highest BCUT2D eigenvalue weighted by Crippen LogP contribution is 2.24. The Labute approximate surface area is 137 Å². The highest BCUT2D eigenvalue weighted by Gasteiger charge is 2.25. The quantitative estimate of drug-likeness (QED) is 0.738. The van der Waals surface area contributed by atoms with Crippen LogP contribution in [0.5, 0.6) is 0 Å². The Morgan fingerprint density at radius 3 is 2.48 bits per heavy atom. The van der Waals surface area contributed by atoms with Gasteiger partial charge >= 0.3 is 11.8 Å². The molecule has 1 aliphatic rings. The maximum Gasteiger partial charge on any atom is 0.309 e. The van der Waals surface area contributed by atoms with E-state index >= 15 is 0 Å². The molecule has 0 spiro atoms. The lowest BCUT2D eigenvalue weighted by Crippen LogP contribution is -2.51. The highest BCUT2D eigenvalue weighted by atomic mass is 16.3. The standard InChI is InChI=1S/C18H26N2O3/c1-12(19-16(22)17(23)20-18(2,3)11-21)14-9-8-13-6-4-5-7-15(13)10-14/h8-10,12,21H,4-7,11H2,1-3H3,(H,19,22)(H,20,23). The summed E-state index contributed by atoms with van der Waals surface area (Å²) in [6.45, 7) is 4.95. The van der Waals surface area contributed by atoms with Gasteiger partial charge in [0.25, 0.3) is 0 Å². The van der Waals surface area contributed by atoms with Gasteiger partial charge in [-0.05, 0) is 63.1 Å². The lowest BCUT2D eigenvalue weighted by atomic mass is 9.89. The zero-order chi connectivity index (χ0) is 17.0. The average Bonchev–Trinajstić information content (AvgIpc) is 2.53. The molecule has 126 valence electrons. The predicted octanol–water partition coefficient (Wildman–Crippen LogP) is 1.63. The Balaban J connectivity index is 1.99. The highest BCUT2D eigenvalue weighted by molar-refractivity contribution is 6.35. The molecule has 2 amide bonds. The number of rotatable bonds is 4. The molecule has 5 nitrogen and oxygen atoms in total. The van der Waals surface area contributed by atoms with Crippen molar-refractivity contribution >= 4 is 11.8 Å². The molecular weight excluding hydrogens is 292 g/mol. The van der Waals surface area contributed by atoms with Gasteiger partial charge in [0.05, 0.1) is 18.2 Å². The second-order valence-electron chi connectivity index (χ2n) is 6.93. The van der Waals surface area contributed by atoms with Gasteiger partial charge in [0.2, 0.25) is 0 Å². The first-order valence-corrected chi connectivity index (χ1v) is 8.18. The molecule has 0 saturated carbocycles. The minimum atomic E-state index is -0.816. The van der Waals surface area contributed by atoms with Crippen molar-refractivity contribution in [3.05, 3.63) is 34.9 Å². The summed E-state index contributed by atoms with van der Waals surface area (Å²) >= 11 is 0. The van der Waals surface area contributed by atoms with Crippen molar-refractivity contribution in [3.8, 4) is 0 Å². The van der Waals surface area contributed by atoms with Gasteiger partial charge in [-0.25, -0.2) is 0 Å². The molecule has 3 N–H and O–H groups in total. The number of carbonyl (C=O) groups excluding carboxylic acids is 2. The smallest absolute Gasteiger partial charge is 0.309 e. The Hall–Kier alpha value is -1.88. The summed E-state index contributed by atoms with van der Waals surface area (Å²) in [5, 5.41) is 14.4. The zero-order valence-electron chi connectivity index (χ0n) is 14.1. The third kappa shape index (κ3) is 4.55. The van der Waals surface area contributed by atoms with Crippen molar-refractivity contribution in [1.29, 1.82) is 0 Å². The first-order valence-electron chi connectivity index (χ1n) is 8.18. The Bertz CT molecular complexity index is 596. The molecule has 23 heavy (non-hydrogen) atoms. The van der Waals surface area contributed by atoms with E-state index in [1.807, 2.05) is 13.0 Å². The number of hydrogen-bond donors (Lipinski definition) is 3. The van der Waals surface area contributed by atoms with Gasteiger partial charge in [0.15, 0.2) is 0 Å². The number of hydrogen-bond acceptors (Lipinski definition) is 3. The minimum absolute atomic E-state index is 0.230. The molecule has 0 aromatic heterocycles. The van der Waals surface area contributed by atoms with E-state index in [9.17, 15) is 9.59 Å². The van der Waals surface area contributed by atoms with E-state index in [2.05, 4.69) is 22.8 Å². The fourth-order valence-electron chi connectivity index (χ4n) is 2.77. The molecule has 0 aliphatic heterocycles. The van der Waals surface area contributed by atoms with Crippen molar-refractivity contribution in [1.82, 2.24) is 10.6 Å². The van der Waals surface area contributed by atoms with Gasteiger partial charge in [-0.15, -0.1) is 0 Å². The minimum Gasteiger partial charge on any atom is -0.394 e. The summed E-state index contributed by atoms with van der Waals surface area (Å²) in [5.74, 6) is -1.41. The summed E-state index contributed by atoms with van der Waals surface area (Å²) in [4.78, 5) is 23.9. The largest absolute Gasteiger partial charge is 0.394 e. The SMILES string of the molecule is CC(NC(=O)C(=O)NC(C)(C)CO)c1ccc2c(c1)CCCC2. The van der Waals surface area contributed by atoms with Gasteiger partial charge in [-0.2, -0.15) is 0 Å². The number of aliphatic hydroxyl groups is 1. The summed E-state index contributed by atoms with van der Waals surface area (Å²) in [6.07, 6.45) is 4.64. The molecule has 0 fully saturated rings. The third-order valence-corrected chi connectivity index (χ3v) is 4.27. The predicted molar refractivity (Wildman–Crippen MR) is 88.9 cm³/mol. The third-order valence-electron chi connectivity index (χ3n) is 4.27. The number of carbonyl (C=O) groups is 2. The van der Waals surface area contributed by atoms with E-state index in [1.54, 1.807) is 13.8 Å². The summed E-state index contributed by atoms with van der Waals surface area (Å²) in [6, 6.07) is 6.04. The second kappa shape index (κ2) is 7.13. The molecular formula is C18H26N2O3. The van der Waals surface area contributed by atoms with Crippen molar-refractivity contribution in [2.24, 2.45) is 0 Å². The number of benzene rings is 1. The van der Waals surface area contributed by atoms with Crippen molar-refractivity contribution in [2.75, 3.05) is 6.61 Å². The van der Waals surface area contributed by atoms with Crippen molar-refractivity contribution in [3.63, 3.8) is 0 Å². The van der Waals surface area contributed by atoms with Gasteiger partial charge in [0.1, 0.15) is 0 Å². The topological polar surface area (TPSA) is 78.4 Å². The van der Waals surface area contributed by atoms with Crippen LogP contribution >= 0.6 is 0 Å². The molecule has 5 heteroatoms. The monoisotopic (exact) mass is 318 g/mol. The van der Waals surface area contributed by atoms with Crippen molar-refractivity contribution in [2.45, 2.75) is 58.0 Å². The van der Waals surface area contributed by atoms with E-state index in [0.29, 0.717) is 0 Å². The first kappa shape index (κ1) is 17.5. The normalized spacial score (nSPS) is 15.5. The van der Waals surface area contributed by atoms with Crippen LogP contribution in [-0.2, 0) is 22.4 Å². The number of aliphatic hydroxyl groups excluding tert-OH is 1. The lowest BCUT2D eigenvalue weighted by Gasteiger charge is -2.24. The van der Waals surface area contributed by atoms with Crippen LogP contribution in [-0.4, -0.2) is 29.1 Å². The fraction of sp³-hybridized carbons (Fsp3) is 0.556. The molecule has 1 unspecified atom stereocenters. The number of aryl methyl sites for hydroxylation is 2. The van der Waals surface area contributed by atoms with E-state index in [-0.39, 0.29) is 12.6 Å². The van der Waals surface area contributed by atoms with Crippen LogP contribution in [0.2, 0.25) is 0 Å². The molecule has 0 saturated heterocycles. The van der Waals surface area contributed by atoms with E-state index in [4.69, 9.17) is 5.11 Å². The molecule has 0 bridgehead atoms. The van der Waals surface area contributed by atoms with Crippen LogP contribution in [0.25, 0.3) is 0 Å². The molecule has 2 rings (SSSR count). The molecule has 1 atom stereocenters. The Morgan fingerprint density at radius 1 is 1.17 bits per heavy atom. The van der Waals surface area contributed by atoms with Crippen LogP contribution in [0.3, 0.4) is 0 Å². The van der Waals surface area contributed by atoms with Crippen LogP contribution < -0.4 is 10.6 Å². The zero-order valence-corrected chi connectivity index (χ0v) is 14.1. The number of fused-ring (bicyclic) bond motifs is 1. The summed E-state index contributed by atoms with van der Waals surface area (Å²) in [7, 11) is 0. The molecule has 0 radical (unpaired) electrons. The molecule has 1 aliphatic carbocycles. The van der Waals surface area contributed by atoms with E-state index in [0.717, 1.165) is 18.4 Å². The van der Waals surface area contributed by atoms with Gasteiger partial charge < -0.3 is 15.7 Å². The lowest BCUT2D eigenvalue weighted by molar-refractivity contribution is -0.140. The second-order valence-corrected chi connectivity index (χ2v) is 6.93. The van der Waals surface area contributed by atoms with Crippen LogP contribution in [0, 0.1) is 0 Å². The van der Waals surface area contributed by atoms with Gasteiger partial charge in [-0.1, -0.05) is 18.2 Å². The van der Waals surface area contributed by atoms with E-state index < -0.39 is 17.4 Å². The van der Waals surface area contributed by atoms with Crippen molar-refractivity contribution < 1.29 is 14.7 Å². The van der Waals surface area contributed by atoms with Crippen LogP contribution in [0.15, 0.2) is 18.2 Å².